The molecule has 1 aliphatic rings. The lowest BCUT2D eigenvalue weighted by molar-refractivity contribution is 0.949. The lowest BCUT2D eigenvalue weighted by Gasteiger charge is -2.20. The third-order valence-corrected chi connectivity index (χ3v) is 3.80. The zero-order chi connectivity index (χ0) is 11.4. The standard InChI is InChI=1S/C13H16N2S/c1-2-16-13-7-5-6-12(11(13)10-14)15-8-3-4-9-15/h5-7H,2-4,8-9H2,1H3. The highest BCUT2D eigenvalue weighted by atomic mass is 32.2. The number of nitrogens with zero attached hydrogens (tertiary/aromatic N) is 2. The monoisotopic (exact) mass is 232 g/mol. The Balaban J connectivity index is 2.36. The van der Waals surface area contributed by atoms with E-state index in [9.17, 15) is 5.26 Å². The molecule has 2 nitrogen and oxygen atoms in total. The first-order valence-electron chi connectivity index (χ1n) is 5.77. The molecule has 1 fully saturated rings. The van der Waals surface area contributed by atoms with Crippen molar-refractivity contribution in [3.63, 3.8) is 0 Å². The van der Waals surface area contributed by atoms with Gasteiger partial charge in [0.2, 0.25) is 0 Å². The van der Waals surface area contributed by atoms with Crippen molar-refractivity contribution >= 4 is 17.4 Å². The third kappa shape index (κ3) is 2.17. The molecule has 3 heteroatoms. The van der Waals surface area contributed by atoms with E-state index in [1.807, 2.05) is 6.07 Å². The predicted molar refractivity (Wildman–Crippen MR) is 69.0 cm³/mol. The molecule has 16 heavy (non-hydrogen) atoms. The maximum absolute atomic E-state index is 9.30. The molecule has 1 saturated heterocycles. The summed E-state index contributed by atoms with van der Waals surface area (Å²) in [6, 6.07) is 8.55. The van der Waals surface area contributed by atoms with E-state index in [1.54, 1.807) is 11.8 Å². The Bertz CT molecular complexity index is 403. The number of benzene rings is 1. The first-order valence-corrected chi connectivity index (χ1v) is 6.76. The van der Waals surface area contributed by atoms with E-state index < -0.39 is 0 Å². The zero-order valence-corrected chi connectivity index (χ0v) is 10.4. The first kappa shape index (κ1) is 11.3. The van der Waals surface area contributed by atoms with E-state index >= 15 is 0 Å². The number of hydrogen-bond acceptors (Lipinski definition) is 3. The number of rotatable bonds is 3. The minimum absolute atomic E-state index is 0.858. The van der Waals surface area contributed by atoms with Crippen molar-refractivity contribution in [1.82, 2.24) is 0 Å². The molecule has 2 rings (SSSR count). The molecule has 84 valence electrons. The number of anilines is 1. The fraction of sp³-hybridized carbons (Fsp3) is 0.462. The van der Waals surface area contributed by atoms with Crippen LogP contribution >= 0.6 is 11.8 Å². The Hall–Kier alpha value is -1.14. The summed E-state index contributed by atoms with van der Waals surface area (Å²) in [7, 11) is 0. The van der Waals surface area contributed by atoms with Gasteiger partial charge in [0.15, 0.2) is 0 Å². The van der Waals surface area contributed by atoms with E-state index in [4.69, 9.17) is 0 Å². The van der Waals surface area contributed by atoms with Crippen LogP contribution in [-0.4, -0.2) is 18.8 Å². The lowest BCUT2D eigenvalue weighted by Crippen LogP contribution is -2.18. The SMILES string of the molecule is CCSc1cccc(N2CCCC2)c1C#N. The van der Waals surface area contributed by atoms with Crippen LogP contribution in [0.4, 0.5) is 5.69 Å². The largest absolute Gasteiger partial charge is 0.370 e. The molecule has 1 aromatic carbocycles. The van der Waals surface area contributed by atoms with Gasteiger partial charge >= 0.3 is 0 Å². The summed E-state index contributed by atoms with van der Waals surface area (Å²) in [6.07, 6.45) is 2.49. The van der Waals surface area contributed by atoms with E-state index in [-0.39, 0.29) is 0 Å². The summed E-state index contributed by atoms with van der Waals surface area (Å²) in [5, 5.41) is 9.30. The Morgan fingerprint density at radius 2 is 2.12 bits per heavy atom. The number of nitriles is 1. The van der Waals surface area contributed by atoms with E-state index in [0.29, 0.717) is 0 Å². The lowest BCUT2D eigenvalue weighted by atomic mass is 10.2. The van der Waals surface area contributed by atoms with Crippen molar-refractivity contribution in [2.75, 3.05) is 23.7 Å². The van der Waals surface area contributed by atoms with Crippen molar-refractivity contribution in [2.24, 2.45) is 0 Å². The third-order valence-electron chi connectivity index (χ3n) is 2.86. The van der Waals surface area contributed by atoms with Gasteiger partial charge in [-0.3, -0.25) is 0 Å². The topological polar surface area (TPSA) is 27.0 Å². The van der Waals surface area contributed by atoms with Crippen LogP contribution in [0.5, 0.6) is 0 Å². The summed E-state index contributed by atoms with van der Waals surface area (Å²) < 4.78 is 0. The molecule has 0 saturated carbocycles. The molecule has 0 spiro atoms. The summed E-state index contributed by atoms with van der Waals surface area (Å²) in [6.45, 7) is 4.30. The van der Waals surface area contributed by atoms with E-state index in [0.717, 1.165) is 35.0 Å². The second-order valence-corrected chi connectivity index (χ2v) is 5.20. The highest BCUT2D eigenvalue weighted by Crippen LogP contribution is 2.31. The fourth-order valence-corrected chi connectivity index (χ4v) is 2.91. The predicted octanol–water partition coefficient (Wildman–Crippen LogP) is 3.27. The average Bonchev–Trinajstić information content (AvgIpc) is 2.82. The summed E-state index contributed by atoms with van der Waals surface area (Å²) in [4.78, 5) is 3.45. The first-order chi connectivity index (χ1) is 7.86. The molecule has 0 bridgehead atoms. The average molecular weight is 232 g/mol. The normalized spacial score (nSPS) is 15.1. The van der Waals surface area contributed by atoms with Crippen LogP contribution in [0.25, 0.3) is 0 Å². The van der Waals surface area contributed by atoms with Gasteiger partial charge in [0.05, 0.1) is 11.3 Å². The van der Waals surface area contributed by atoms with Gasteiger partial charge in [-0.2, -0.15) is 5.26 Å². The van der Waals surface area contributed by atoms with Crippen LogP contribution < -0.4 is 4.90 Å². The van der Waals surface area contributed by atoms with Gasteiger partial charge in [-0.05, 0) is 30.7 Å². The second kappa shape index (κ2) is 5.27. The van der Waals surface area contributed by atoms with Gasteiger partial charge in [-0.15, -0.1) is 11.8 Å². The molecule has 0 unspecified atom stereocenters. The molecule has 1 aromatic rings. The Labute approximate surface area is 101 Å². The molecule has 0 N–H and O–H groups in total. The molecule has 1 aliphatic heterocycles. The maximum atomic E-state index is 9.30. The van der Waals surface area contributed by atoms with Crippen LogP contribution in [0.3, 0.4) is 0 Å². The summed E-state index contributed by atoms with van der Waals surface area (Å²) >= 11 is 1.75. The van der Waals surface area contributed by atoms with E-state index in [1.165, 1.54) is 12.8 Å². The molecule has 0 amide bonds. The van der Waals surface area contributed by atoms with Crippen molar-refractivity contribution in [2.45, 2.75) is 24.7 Å². The van der Waals surface area contributed by atoms with Gasteiger partial charge in [-0.1, -0.05) is 13.0 Å². The quantitative estimate of drug-likeness (QED) is 0.748. The smallest absolute Gasteiger partial charge is 0.103 e. The van der Waals surface area contributed by atoms with Crippen LogP contribution in [0.2, 0.25) is 0 Å². The van der Waals surface area contributed by atoms with Crippen molar-refractivity contribution in [1.29, 1.82) is 5.26 Å². The molecule has 1 heterocycles. The fourth-order valence-electron chi connectivity index (χ4n) is 2.13. The van der Waals surface area contributed by atoms with Crippen molar-refractivity contribution in [3.05, 3.63) is 23.8 Å². The zero-order valence-electron chi connectivity index (χ0n) is 9.57. The second-order valence-electron chi connectivity index (χ2n) is 3.89. The van der Waals surface area contributed by atoms with Gasteiger partial charge < -0.3 is 4.90 Å². The van der Waals surface area contributed by atoms with Crippen LogP contribution in [-0.2, 0) is 0 Å². The summed E-state index contributed by atoms with van der Waals surface area (Å²) in [5.74, 6) is 1.01. The highest BCUT2D eigenvalue weighted by Gasteiger charge is 2.17. The maximum Gasteiger partial charge on any atom is 0.103 e. The number of hydrogen-bond donors (Lipinski definition) is 0. The summed E-state index contributed by atoms with van der Waals surface area (Å²) in [5.41, 5.74) is 1.98. The Morgan fingerprint density at radius 1 is 1.38 bits per heavy atom. The Morgan fingerprint density at radius 3 is 2.75 bits per heavy atom. The van der Waals surface area contributed by atoms with Crippen LogP contribution in [0.15, 0.2) is 23.1 Å². The molecular weight excluding hydrogens is 216 g/mol. The van der Waals surface area contributed by atoms with Crippen molar-refractivity contribution in [3.8, 4) is 6.07 Å². The molecule has 0 radical (unpaired) electrons. The minimum atomic E-state index is 0.858. The minimum Gasteiger partial charge on any atom is -0.370 e. The molecular formula is C13H16N2S. The van der Waals surface area contributed by atoms with Gasteiger partial charge in [-0.25, -0.2) is 0 Å². The van der Waals surface area contributed by atoms with Crippen LogP contribution in [0.1, 0.15) is 25.3 Å². The number of thioether (sulfide) groups is 1. The Kier molecular flexibility index (Phi) is 3.74. The van der Waals surface area contributed by atoms with Crippen molar-refractivity contribution < 1.29 is 0 Å². The van der Waals surface area contributed by atoms with Gasteiger partial charge in [0, 0.05) is 18.0 Å². The van der Waals surface area contributed by atoms with E-state index in [2.05, 4.69) is 30.0 Å². The highest BCUT2D eigenvalue weighted by molar-refractivity contribution is 7.99. The molecule has 0 aromatic heterocycles. The van der Waals surface area contributed by atoms with Gasteiger partial charge in [0.25, 0.3) is 0 Å². The van der Waals surface area contributed by atoms with Crippen LogP contribution in [0, 0.1) is 11.3 Å². The molecule has 0 aliphatic carbocycles. The molecule has 0 atom stereocenters. The van der Waals surface area contributed by atoms with Gasteiger partial charge in [0.1, 0.15) is 6.07 Å².